The molecule has 8 nitrogen and oxygen atoms in total. The molecule has 0 rings (SSSR count). The number of carbonyl (C=O) groups is 2. The summed E-state index contributed by atoms with van der Waals surface area (Å²) in [7, 11) is 0. The molecule has 0 aromatic carbocycles. The average Bonchev–Trinajstić information content (AvgIpc) is 2.92. The van der Waals surface area contributed by atoms with E-state index in [9.17, 15) is 169 Å². The van der Waals surface area contributed by atoms with Gasteiger partial charge in [0.1, 0.15) is 11.9 Å². The SMILES string of the molecule is O=C([O-])C(F)(OC(F)(F)C(F)(OC(F)(F)C(F)(F)C(F)(F)F)C(F)(F)F)C(F)(F)F.O=C([O-])C(F)(OC(F)(F)C(F)(OC(F)(F)C(F)(F)C(F)(F)F)C(F)(F)F)C(F)(F)F.[Ca+2]. The third-order valence-corrected chi connectivity index (χ3v) is 5.25. The Balaban J connectivity index is -0.00000109. The van der Waals surface area contributed by atoms with Crippen molar-refractivity contribution in [1.29, 1.82) is 0 Å². The van der Waals surface area contributed by atoms with Gasteiger partial charge < -0.3 is 19.8 Å². The molecule has 4 atom stereocenters. The number of alkyl halides is 34. The largest absolute Gasteiger partial charge is 2.00 e. The van der Waals surface area contributed by atoms with Crippen LogP contribution in [0.25, 0.3) is 0 Å². The summed E-state index contributed by atoms with van der Waals surface area (Å²) in [6.07, 6.45) is -77.8. The van der Waals surface area contributed by atoms with Crippen LogP contribution in [0.3, 0.4) is 0 Å². The van der Waals surface area contributed by atoms with Crippen molar-refractivity contribution in [3.05, 3.63) is 0 Å². The second-order valence-electron chi connectivity index (χ2n) is 9.57. The molecule has 0 N–H and O–H groups in total. The number of hydrogen-bond acceptors (Lipinski definition) is 8. The smallest absolute Gasteiger partial charge is 0.544 e. The van der Waals surface area contributed by atoms with Gasteiger partial charge in [-0.2, -0.15) is 149 Å². The standard InChI is InChI=1S/2C9HF17O4.Ca/c2*10-2(1(27)28,5(14,15)16)29-9(25,26)4(13,7(20,21)22)30-8(23,24)3(11,12)6(17,18)19;/h2*(H,27,28);/q;;+2/p-2. The normalized spacial score (nSPS) is 18.9. The molecule has 0 fully saturated rings. The van der Waals surface area contributed by atoms with E-state index in [-0.39, 0.29) is 37.7 Å². The predicted molar refractivity (Wildman–Crippen MR) is 101 cm³/mol. The zero-order valence-corrected chi connectivity index (χ0v) is 28.0. The Morgan fingerprint density at radius 3 is 0.574 bits per heavy atom. The number of rotatable bonds is 14. The number of halogens is 34. The molecular weight excluding hydrogens is 1030 g/mol. The van der Waals surface area contributed by atoms with Crippen molar-refractivity contribution in [1.82, 2.24) is 0 Å². The molecule has 43 heteroatoms. The number of ether oxygens (including phenoxy) is 4. The fourth-order valence-electron chi connectivity index (χ4n) is 2.29. The van der Waals surface area contributed by atoms with Gasteiger partial charge in [-0.1, -0.05) is 0 Å². The maximum atomic E-state index is 13.5. The van der Waals surface area contributed by atoms with Gasteiger partial charge in [0.25, 0.3) is 0 Å². The van der Waals surface area contributed by atoms with Crippen molar-refractivity contribution in [3.63, 3.8) is 0 Å². The second-order valence-corrected chi connectivity index (χ2v) is 9.57. The van der Waals surface area contributed by atoms with Crippen LogP contribution in [0.15, 0.2) is 0 Å². The van der Waals surface area contributed by atoms with E-state index in [0.717, 1.165) is 0 Å². The molecule has 0 aliphatic carbocycles. The molecule has 0 radical (unpaired) electrons. The van der Waals surface area contributed by atoms with Gasteiger partial charge >= 0.3 is 134 Å². The second kappa shape index (κ2) is 17.2. The molecule has 0 aliphatic rings. The Morgan fingerprint density at radius 2 is 0.459 bits per heavy atom. The Labute approximate surface area is 334 Å². The van der Waals surface area contributed by atoms with Gasteiger partial charge in [-0.05, 0) is 0 Å². The topological polar surface area (TPSA) is 117 Å². The zero-order valence-electron chi connectivity index (χ0n) is 25.8. The van der Waals surface area contributed by atoms with Crippen molar-refractivity contribution in [3.8, 4) is 0 Å². The van der Waals surface area contributed by atoms with Crippen LogP contribution in [0.2, 0.25) is 0 Å². The van der Waals surface area contributed by atoms with Crippen LogP contribution in [0.1, 0.15) is 0 Å². The fraction of sp³-hybridized carbons (Fsp3) is 0.889. The molecular formula is C18CaF34O8. The average molecular weight is 1030 g/mol. The molecule has 0 aromatic rings. The summed E-state index contributed by atoms with van der Waals surface area (Å²) < 4.78 is 431. The van der Waals surface area contributed by atoms with Crippen LogP contribution < -0.4 is 10.2 Å². The minimum Gasteiger partial charge on any atom is -0.544 e. The molecule has 0 saturated heterocycles. The summed E-state index contributed by atoms with van der Waals surface area (Å²) >= 11 is 0. The summed E-state index contributed by atoms with van der Waals surface area (Å²) in [4.78, 5) is 19.9. The molecule has 4 unspecified atom stereocenters. The van der Waals surface area contributed by atoms with Gasteiger partial charge in [0.2, 0.25) is 0 Å². The van der Waals surface area contributed by atoms with Crippen molar-refractivity contribution in [2.24, 2.45) is 0 Å². The van der Waals surface area contributed by atoms with E-state index >= 15 is 0 Å². The minimum absolute atomic E-state index is 0. The van der Waals surface area contributed by atoms with E-state index < -0.39 is 109 Å². The number of carboxylic acids is 2. The predicted octanol–water partition coefficient (Wildman–Crippen LogP) is 6.84. The van der Waals surface area contributed by atoms with Gasteiger partial charge in [-0.25, -0.2) is 0 Å². The first-order valence-corrected chi connectivity index (χ1v) is 11.9. The summed E-state index contributed by atoms with van der Waals surface area (Å²) in [6, 6.07) is 0. The Bertz CT molecular complexity index is 1410. The first-order valence-electron chi connectivity index (χ1n) is 11.9. The molecule has 0 spiro atoms. The summed E-state index contributed by atoms with van der Waals surface area (Å²) in [5.74, 6) is -55.4. The van der Waals surface area contributed by atoms with Gasteiger partial charge in [0.05, 0.1) is 0 Å². The first kappa shape index (κ1) is 63.0. The molecule has 0 aromatic heterocycles. The van der Waals surface area contributed by atoms with E-state index in [0.29, 0.717) is 0 Å². The summed E-state index contributed by atoms with van der Waals surface area (Å²) in [5, 5.41) is 19.9. The molecule has 61 heavy (non-hydrogen) atoms. The first-order chi connectivity index (χ1) is 25.2. The molecule has 0 heterocycles. The third kappa shape index (κ3) is 11.7. The maximum absolute atomic E-state index is 13.5. The quantitative estimate of drug-likeness (QED) is 0.137. The van der Waals surface area contributed by atoms with Crippen LogP contribution in [-0.4, -0.2) is 146 Å². The number of carboxylic acid groups (broad SMARTS) is 2. The van der Waals surface area contributed by atoms with Crippen LogP contribution in [0.4, 0.5) is 149 Å². The number of aliphatic carboxylic acids is 2. The van der Waals surface area contributed by atoms with Crippen molar-refractivity contribution in [2.45, 2.75) is 96.8 Å². The molecule has 360 valence electrons. The van der Waals surface area contributed by atoms with Gasteiger partial charge in [-0.3, -0.25) is 18.9 Å². The molecule has 0 amide bonds. The molecule has 0 aliphatic heterocycles. The van der Waals surface area contributed by atoms with Crippen LogP contribution in [0, 0.1) is 0 Å². The van der Waals surface area contributed by atoms with Crippen LogP contribution >= 0.6 is 0 Å². The van der Waals surface area contributed by atoms with Crippen molar-refractivity contribution in [2.75, 3.05) is 0 Å². The van der Waals surface area contributed by atoms with Gasteiger partial charge in [0.15, 0.2) is 0 Å². The Morgan fingerprint density at radius 1 is 0.279 bits per heavy atom. The minimum atomic E-state index is -8.11. The Kier molecular flexibility index (Phi) is 17.8. The van der Waals surface area contributed by atoms with Gasteiger partial charge in [-0.15, -0.1) is 0 Å². The summed E-state index contributed by atoms with van der Waals surface area (Å²) in [5.41, 5.74) is 0. The third-order valence-electron chi connectivity index (χ3n) is 5.25. The van der Waals surface area contributed by atoms with E-state index in [1.807, 2.05) is 0 Å². The fourth-order valence-corrected chi connectivity index (χ4v) is 2.29. The molecule has 0 saturated carbocycles. The van der Waals surface area contributed by atoms with Crippen molar-refractivity contribution < 1.29 is 188 Å². The molecule has 0 bridgehead atoms. The van der Waals surface area contributed by atoms with E-state index in [1.54, 1.807) is 0 Å². The van der Waals surface area contributed by atoms with Crippen LogP contribution in [-0.2, 0) is 28.5 Å². The van der Waals surface area contributed by atoms with Crippen LogP contribution in [0.5, 0.6) is 0 Å². The monoisotopic (exact) mass is 1030 g/mol. The van der Waals surface area contributed by atoms with Gasteiger partial charge in [0, 0.05) is 0 Å². The van der Waals surface area contributed by atoms with E-state index in [4.69, 9.17) is 0 Å². The van der Waals surface area contributed by atoms with E-state index in [2.05, 4.69) is 0 Å². The van der Waals surface area contributed by atoms with E-state index in [1.165, 1.54) is 18.9 Å². The summed E-state index contributed by atoms with van der Waals surface area (Å²) in [6.45, 7) is 0. The number of carbonyl (C=O) groups excluding carboxylic acids is 2. The zero-order chi connectivity index (χ0) is 50.0. The van der Waals surface area contributed by atoms with Crippen molar-refractivity contribution >= 4 is 49.7 Å². The number of hydrogen-bond donors (Lipinski definition) is 0. The maximum Gasteiger partial charge on any atom is 2.00 e. The Hall–Kier alpha value is -2.34.